The van der Waals surface area contributed by atoms with Crippen molar-refractivity contribution in [1.82, 2.24) is 14.9 Å². The highest BCUT2D eigenvalue weighted by Crippen LogP contribution is 2.32. The van der Waals surface area contributed by atoms with E-state index in [1.807, 2.05) is 54.4 Å². The van der Waals surface area contributed by atoms with E-state index in [1.165, 1.54) is 12.1 Å². The zero-order valence-corrected chi connectivity index (χ0v) is 21.4. The molecule has 194 valence electrons. The Balaban J connectivity index is 1.40. The second-order valence-electron chi connectivity index (χ2n) is 9.24. The van der Waals surface area contributed by atoms with Crippen molar-refractivity contribution in [1.29, 1.82) is 0 Å². The molecule has 0 radical (unpaired) electrons. The number of aromatic nitrogens is 2. The molecule has 0 fully saturated rings. The number of fused-ring (bicyclic) bond motifs is 1. The minimum Gasteiger partial charge on any atom is -0.497 e. The highest BCUT2D eigenvalue weighted by molar-refractivity contribution is 5.79. The molecule has 1 aromatic heterocycles. The quantitative estimate of drug-likeness (QED) is 0.324. The van der Waals surface area contributed by atoms with E-state index in [-0.39, 0.29) is 18.1 Å². The van der Waals surface area contributed by atoms with Crippen molar-refractivity contribution in [2.45, 2.75) is 25.9 Å². The van der Waals surface area contributed by atoms with E-state index in [0.29, 0.717) is 43.6 Å². The van der Waals surface area contributed by atoms with Gasteiger partial charge in [-0.3, -0.25) is 4.79 Å². The lowest BCUT2D eigenvalue weighted by Gasteiger charge is -2.30. The zero-order valence-electron chi connectivity index (χ0n) is 21.4. The third-order valence-corrected chi connectivity index (χ3v) is 6.51. The number of methoxy groups -OCH3 is 1. The standard InChI is InChI=1S/C30H29FN4O3/c1-34(19-22-6-4-3-5-7-22)30-32-27-16-17-35(28(36)18-21-8-12-24(37-2)13-9-21)20-26(27)29(33-30)38-25-14-10-23(31)11-15-25/h3-15H,16-20H2,1-2H3. The first-order chi connectivity index (χ1) is 18.5. The minimum absolute atomic E-state index is 0.0128. The maximum absolute atomic E-state index is 13.5. The fraction of sp³-hybridized carbons (Fsp3) is 0.233. The predicted octanol–water partition coefficient (Wildman–Crippen LogP) is 5.18. The number of amides is 1. The van der Waals surface area contributed by atoms with Gasteiger partial charge < -0.3 is 19.3 Å². The summed E-state index contributed by atoms with van der Waals surface area (Å²) in [5.41, 5.74) is 3.66. The zero-order chi connectivity index (χ0) is 26.5. The normalized spacial score (nSPS) is 12.6. The molecule has 7 nitrogen and oxygen atoms in total. The SMILES string of the molecule is COc1ccc(CC(=O)N2CCc3nc(N(C)Cc4ccccc4)nc(Oc4ccc(F)cc4)c3C2)cc1. The summed E-state index contributed by atoms with van der Waals surface area (Å²) in [4.78, 5) is 26.5. The average molecular weight is 513 g/mol. The summed E-state index contributed by atoms with van der Waals surface area (Å²) in [6.45, 7) is 1.52. The molecule has 0 saturated heterocycles. The Morgan fingerprint density at radius 1 is 0.947 bits per heavy atom. The van der Waals surface area contributed by atoms with E-state index in [1.54, 1.807) is 24.1 Å². The van der Waals surface area contributed by atoms with E-state index in [9.17, 15) is 9.18 Å². The number of ether oxygens (including phenoxy) is 2. The summed E-state index contributed by atoms with van der Waals surface area (Å²) in [5, 5.41) is 0. The molecule has 8 heteroatoms. The van der Waals surface area contributed by atoms with Crippen molar-refractivity contribution < 1.29 is 18.7 Å². The molecule has 0 spiro atoms. The summed E-state index contributed by atoms with van der Waals surface area (Å²) in [7, 11) is 3.55. The van der Waals surface area contributed by atoms with Gasteiger partial charge in [0.25, 0.3) is 0 Å². The molecule has 0 N–H and O–H groups in total. The third kappa shape index (κ3) is 5.91. The first kappa shape index (κ1) is 25.2. The van der Waals surface area contributed by atoms with E-state index >= 15 is 0 Å². The van der Waals surface area contributed by atoms with Crippen LogP contribution in [0.25, 0.3) is 0 Å². The van der Waals surface area contributed by atoms with E-state index < -0.39 is 0 Å². The van der Waals surface area contributed by atoms with Crippen molar-refractivity contribution in [3.63, 3.8) is 0 Å². The van der Waals surface area contributed by atoms with Crippen molar-refractivity contribution in [2.75, 3.05) is 25.6 Å². The molecule has 2 heterocycles. The van der Waals surface area contributed by atoms with Crippen molar-refractivity contribution in [3.05, 3.63) is 107 Å². The van der Waals surface area contributed by atoms with Gasteiger partial charge in [0.2, 0.25) is 17.7 Å². The predicted molar refractivity (Wildman–Crippen MR) is 143 cm³/mol. The molecule has 0 bridgehead atoms. The second kappa shape index (κ2) is 11.3. The van der Waals surface area contributed by atoms with E-state index in [4.69, 9.17) is 19.4 Å². The van der Waals surface area contributed by atoms with Gasteiger partial charge in [-0.15, -0.1) is 0 Å². The minimum atomic E-state index is -0.347. The lowest BCUT2D eigenvalue weighted by atomic mass is 10.0. The van der Waals surface area contributed by atoms with Gasteiger partial charge in [0.1, 0.15) is 17.3 Å². The molecule has 1 amide bonds. The lowest BCUT2D eigenvalue weighted by Crippen LogP contribution is -2.38. The van der Waals surface area contributed by atoms with Gasteiger partial charge in [0.05, 0.1) is 31.3 Å². The van der Waals surface area contributed by atoms with Gasteiger partial charge in [-0.2, -0.15) is 4.98 Å². The Kier molecular flexibility index (Phi) is 7.49. The molecule has 1 aliphatic heterocycles. The smallest absolute Gasteiger partial charge is 0.229 e. The van der Waals surface area contributed by atoms with Gasteiger partial charge in [0, 0.05) is 26.6 Å². The van der Waals surface area contributed by atoms with Crippen LogP contribution in [0.5, 0.6) is 17.4 Å². The third-order valence-electron chi connectivity index (χ3n) is 6.51. The molecule has 0 atom stereocenters. The van der Waals surface area contributed by atoms with Crippen LogP contribution in [0.1, 0.15) is 22.4 Å². The number of carbonyl (C=O) groups is 1. The Morgan fingerprint density at radius 2 is 1.66 bits per heavy atom. The molecular formula is C30H29FN4O3. The van der Waals surface area contributed by atoms with Crippen molar-refractivity contribution in [2.24, 2.45) is 0 Å². The van der Waals surface area contributed by atoms with Crippen LogP contribution >= 0.6 is 0 Å². The molecule has 0 saturated carbocycles. The number of carbonyl (C=O) groups excluding carboxylic acids is 1. The van der Waals surface area contributed by atoms with Crippen molar-refractivity contribution >= 4 is 11.9 Å². The molecule has 3 aromatic carbocycles. The first-order valence-corrected chi connectivity index (χ1v) is 12.5. The van der Waals surface area contributed by atoms with Crippen LogP contribution in [0.15, 0.2) is 78.9 Å². The first-order valence-electron chi connectivity index (χ1n) is 12.5. The fourth-order valence-electron chi connectivity index (χ4n) is 4.41. The number of anilines is 1. The van der Waals surface area contributed by atoms with Crippen LogP contribution in [0.3, 0.4) is 0 Å². The maximum Gasteiger partial charge on any atom is 0.229 e. The van der Waals surface area contributed by atoms with Gasteiger partial charge >= 0.3 is 0 Å². The summed E-state index contributed by atoms with van der Waals surface area (Å²) in [6, 6.07) is 23.4. The summed E-state index contributed by atoms with van der Waals surface area (Å²) in [5.74, 6) is 1.78. The van der Waals surface area contributed by atoms with E-state index in [0.717, 1.165) is 28.1 Å². The molecule has 5 rings (SSSR count). The van der Waals surface area contributed by atoms with Crippen LogP contribution in [-0.4, -0.2) is 41.5 Å². The number of hydrogen-bond donors (Lipinski definition) is 0. The average Bonchev–Trinajstić information content (AvgIpc) is 2.95. The molecule has 0 unspecified atom stereocenters. The fourth-order valence-corrected chi connectivity index (χ4v) is 4.41. The molecule has 4 aromatic rings. The Hall–Kier alpha value is -4.46. The number of nitrogens with zero attached hydrogens (tertiary/aromatic N) is 4. The van der Waals surface area contributed by atoms with Crippen LogP contribution in [0.2, 0.25) is 0 Å². The summed E-state index contributed by atoms with van der Waals surface area (Å²) in [6.07, 6.45) is 0.865. The van der Waals surface area contributed by atoms with Gasteiger partial charge in [-0.05, 0) is 47.5 Å². The molecule has 0 aliphatic carbocycles. The van der Waals surface area contributed by atoms with Crippen LogP contribution in [0, 0.1) is 5.82 Å². The molecule has 38 heavy (non-hydrogen) atoms. The van der Waals surface area contributed by atoms with Crippen LogP contribution in [0.4, 0.5) is 10.3 Å². The van der Waals surface area contributed by atoms with E-state index in [2.05, 4.69) is 12.1 Å². The number of halogens is 1. The number of hydrogen-bond acceptors (Lipinski definition) is 6. The van der Waals surface area contributed by atoms with Crippen LogP contribution < -0.4 is 14.4 Å². The highest BCUT2D eigenvalue weighted by atomic mass is 19.1. The Bertz CT molecular complexity index is 1400. The van der Waals surface area contributed by atoms with Crippen LogP contribution in [-0.2, 0) is 30.7 Å². The summed E-state index contributed by atoms with van der Waals surface area (Å²) < 4.78 is 24.9. The van der Waals surface area contributed by atoms with Gasteiger partial charge in [-0.1, -0.05) is 42.5 Å². The Morgan fingerprint density at radius 3 is 2.37 bits per heavy atom. The molecular weight excluding hydrogens is 483 g/mol. The van der Waals surface area contributed by atoms with Gasteiger partial charge in [0.15, 0.2) is 0 Å². The monoisotopic (exact) mass is 512 g/mol. The second-order valence-corrected chi connectivity index (χ2v) is 9.24. The topological polar surface area (TPSA) is 67.8 Å². The molecule has 1 aliphatic rings. The number of rotatable bonds is 8. The largest absolute Gasteiger partial charge is 0.497 e. The lowest BCUT2D eigenvalue weighted by molar-refractivity contribution is -0.131. The Labute approximate surface area is 221 Å². The number of benzene rings is 3. The van der Waals surface area contributed by atoms with Gasteiger partial charge in [-0.25, -0.2) is 9.37 Å². The summed E-state index contributed by atoms with van der Waals surface area (Å²) >= 11 is 0. The highest BCUT2D eigenvalue weighted by Gasteiger charge is 2.27. The van der Waals surface area contributed by atoms with Crippen molar-refractivity contribution in [3.8, 4) is 17.4 Å². The maximum atomic E-state index is 13.5.